The fourth-order valence-electron chi connectivity index (χ4n) is 3.34. The Morgan fingerprint density at radius 3 is 2.68 bits per heavy atom. The van der Waals surface area contributed by atoms with Gasteiger partial charge in [0.25, 0.3) is 0 Å². The van der Waals surface area contributed by atoms with E-state index in [1.807, 2.05) is 13.8 Å². The Labute approximate surface area is 136 Å². The third-order valence-electron chi connectivity index (χ3n) is 4.52. The molecule has 1 saturated carbocycles. The molecule has 0 aliphatic heterocycles. The van der Waals surface area contributed by atoms with E-state index in [2.05, 4.69) is 0 Å². The summed E-state index contributed by atoms with van der Waals surface area (Å²) in [4.78, 5) is 11.1. The lowest BCUT2D eigenvalue weighted by molar-refractivity contribution is -0.0378. The van der Waals surface area contributed by atoms with Gasteiger partial charge in [0.2, 0.25) is 0 Å². The normalized spacial score (nSPS) is 22.4. The van der Waals surface area contributed by atoms with Gasteiger partial charge in [0.1, 0.15) is 11.5 Å². The summed E-state index contributed by atoms with van der Waals surface area (Å²) in [5, 5.41) is 20.3. The standard InChI is InChI=1S/C17H23ClO4/c1-17(2,21)13-6-4-3-5-11(13)10-22-15-8-7-14(18)16(20)12(15)9-19/h7-9,11,13,20-21H,3-6,10H2,1-2H3. The zero-order valence-electron chi connectivity index (χ0n) is 13.0. The van der Waals surface area contributed by atoms with Crippen LogP contribution in [0.2, 0.25) is 5.02 Å². The van der Waals surface area contributed by atoms with Crippen molar-refractivity contribution >= 4 is 17.9 Å². The van der Waals surface area contributed by atoms with E-state index in [1.165, 1.54) is 6.07 Å². The molecule has 1 aromatic carbocycles. The lowest BCUT2D eigenvalue weighted by atomic mass is 9.72. The van der Waals surface area contributed by atoms with E-state index in [4.69, 9.17) is 16.3 Å². The molecule has 22 heavy (non-hydrogen) atoms. The fraction of sp³-hybridized carbons (Fsp3) is 0.588. The maximum absolute atomic E-state index is 11.1. The predicted octanol–water partition coefficient (Wildman–Crippen LogP) is 3.81. The average Bonchev–Trinajstić information content (AvgIpc) is 2.48. The minimum absolute atomic E-state index is 0.0723. The third kappa shape index (κ3) is 3.73. The van der Waals surface area contributed by atoms with Gasteiger partial charge in [0.05, 0.1) is 22.8 Å². The van der Waals surface area contributed by atoms with Crippen LogP contribution in [0.4, 0.5) is 0 Å². The van der Waals surface area contributed by atoms with Crippen LogP contribution in [0, 0.1) is 11.8 Å². The molecule has 2 N–H and O–H groups in total. The van der Waals surface area contributed by atoms with E-state index in [-0.39, 0.29) is 28.2 Å². The van der Waals surface area contributed by atoms with E-state index < -0.39 is 5.60 Å². The van der Waals surface area contributed by atoms with Crippen molar-refractivity contribution < 1.29 is 19.7 Å². The number of carbonyl (C=O) groups excluding carboxylic acids is 1. The van der Waals surface area contributed by atoms with Crippen LogP contribution in [-0.2, 0) is 0 Å². The molecule has 0 heterocycles. The smallest absolute Gasteiger partial charge is 0.157 e. The zero-order chi connectivity index (χ0) is 16.3. The molecule has 4 nitrogen and oxygen atoms in total. The number of hydrogen-bond acceptors (Lipinski definition) is 4. The largest absolute Gasteiger partial charge is 0.505 e. The Kier molecular flexibility index (Phi) is 5.35. The summed E-state index contributed by atoms with van der Waals surface area (Å²) in [6.45, 7) is 4.08. The van der Waals surface area contributed by atoms with Gasteiger partial charge in [-0.25, -0.2) is 0 Å². The van der Waals surface area contributed by atoms with Crippen LogP contribution in [-0.4, -0.2) is 28.7 Å². The van der Waals surface area contributed by atoms with E-state index in [9.17, 15) is 15.0 Å². The quantitative estimate of drug-likeness (QED) is 0.807. The summed E-state index contributed by atoms with van der Waals surface area (Å²) in [7, 11) is 0. The molecule has 1 aliphatic rings. The third-order valence-corrected chi connectivity index (χ3v) is 4.82. The maximum atomic E-state index is 11.1. The number of aliphatic hydroxyl groups is 1. The second-order valence-corrected chi connectivity index (χ2v) is 6.95. The van der Waals surface area contributed by atoms with Gasteiger partial charge in [0.15, 0.2) is 6.29 Å². The predicted molar refractivity (Wildman–Crippen MR) is 85.7 cm³/mol. The Hall–Kier alpha value is -1.26. The Bertz CT molecular complexity index is 536. The number of aldehydes is 1. The van der Waals surface area contributed by atoms with E-state index in [0.29, 0.717) is 18.6 Å². The number of ether oxygens (including phenoxy) is 1. The minimum atomic E-state index is -0.746. The number of benzene rings is 1. The van der Waals surface area contributed by atoms with Crippen LogP contribution in [0.1, 0.15) is 49.9 Å². The highest BCUT2D eigenvalue weighted by atomic mass is 35.5. The molecule has 0 saturated heterocycles. The molecule has 0 radical (unpaired) electrons. The molecule has 0 spiro atoms. The lowest BCUT2D eigenvalue weighted by Gasteiger charge is -2.39. The van der Waals surface area contributed by atoms with Crippen molar-refractivity contribution in [2.45, 2.75) is 45.1 Å². The van der Waals surface area contributed by atoms with Crippen LogP contribution in [0.25, 0.3) is 0 Å². The average molecular weight is 327 g/mol. The Balaban J connectivity index is 2.12. The van der Waals surface area contributed by atoms with Crippen LogP contribution < -0.4 is 4.74 Å². The molecule has 5 heteroatoms. The molecule has 1 aromatic rings. The number of aromatic hydroxyl groups is 1. The molecule has 1 aliphatic carbocycles. The highest BCUT2D eigenvalue weighted by Gasteiger charge is 2.36. The first-order valence-corrected chi connectivity index (χ1v) is 8.04. The van der Waals surface area contributed by atoms with Gasteiger partial charge < -0.3 is 14.9 Å². The van der Waals surface area contributed by atoms with E-state index >= 15 is 0 Å². The zero-order valence-corrected chi connectivity index (χ0v) is 13.8. The van der Waals surface area contributed by atoms with E-state index in [0.717, 1.165) is 25.7 Å². The van der Waals surface area contributed by atoms with Gasteiger partial charge >= 0.3 is 0 Å². The van der Waals surface area contributed by atoms with Gasteiger partial charge in [-0.3, -0.25) is 4.79 Å². The summed E-state index contributed by atoms with van der Waals surface area (Å²) in [6, 6.07) is 3.10. The number of phenolic OH excluding ortho intramolecular Hbond substituents is 1. The van der Waals surface area contributed by atoms with Gasteiger partial charge in [0, 0.05) is 0 Å². The molecular weight excluding hydrogens is 304 g/mol. The second-order valence-electron chi connectivity index (χ2n) is 6.54. The summed E-state index contributed by atoms with van der Waals surface area (Å²) in [5.41, 5.74) is -0.674. The highest BCUT2D eigenvalue weighted by Crippen LogP contribution is 2.38. The summed E-state index contributed by atoms with van der Waals surface area (Å²) in [6.07, 6.45) is 4.75. The monoisotopic (exact) mass is 326 g/mol. The molecule has 2 unspecified atom stereocenters. The first-order chi connectivity index (χ1) is 10.3. The molecule has 0 bridgehead atoms. The van der Waals surface area contributed by atoms with Crippen LogP contribution in [0.5, 0.6) is 11.5 Å². The molecule has 1 fully saturated rings. The topological polar surface area (TPSA) is 66.8 Å². The maximum Gasteiger partial charge on any atom is 0.157 e. The van der Waals surface area contributed by atoms with Crippen molar-refractivity contribution in [3.63, 3.8) is 0 Å². The molecule has 2 atom stereocenters. The van der Waals surface area contributed by atoms with Crippen molar-refractivity contribution in [1.29, 1.82) is 0 Å². The molecule has 2 rings (SSSR count). The minimum Gasteiger partial charge on any atom is -0.505 e. The highest BCUT2D eigenvalue weighted by molar-refractivity contribution is 6.32. The second kappa shape index (κ2) is 6.88. The van der Waals surface area contributed by atoms with Gasteiger partial charge in [-0.2, -0.15) is 0 Å². The van der Waals surface area contributed by atoms with Crippen LogP contribution in [0.15, 0.2) is 12.1 Å². The van der Waals surface area contributed by atoms with Crippen LogP contribution >= 0.6 is 11.6 Å². The Morgan fingerprint density at radius 1 is 1.36 bits per heavy atom. The SMILES string of the molecule is CC(C)(O)C1CCCCC1COc1ccc(Cl)c(O)c1C=O. The molecule has 0 aromatic heterocycles. The molecular formula is C17H23ClO4. The van der Waals surface area contributed by atoms with Crippen molar-refractivity contribution in [3.8, 4) is 11.5 Å². The van der Waals surface area contributed by atoms with Crippen LogP contribution in [0.3, 0.4) is 0 Å². The Morgan fingerprint density at radius 2 is 2.05 bits per heavy atom. The molecule has 122 valence electrons. The lowest BCUT2D eigenvalue weighted by Crippen LogP contribution is -2.40. The summed E-state index contributed by atoms with van der Waals surface area (Å²) in [5.74, 6) is 0.474. The number of hydrogen-bond donors (Lipinski definition) is 2. The van der Waals surface area contributed by atoms with Crippen molar-refractivity contribution in [2.24, 2.45) is 11.8 Å². The van der Waals surface area contributed by atoms with Gasteiger partial charge in [-0.15, -0.1) is 0 Å². The van der Waals surface area contributed by atoms with Crippen molar-refractivity contribution in [2.75, 3.05) is 6.61 Å². The van der Waals surface area contributed by atoms with Gasteiger partial charge in [-0.05, 0) is 50.7 Å². The number of phenols is 1. The number of carbonyl (C=O) groups is 1. The first-order valence-electron chi connectivity index (χ1n) is 7.66. The first kappa shape index (κ1) is 17.1. The number of halogens is 1. The van der Waals surface area contributed by atoms with Crippen molar-refractivity contribution in [3.05, 3.63) is 22.7 Å². The fourth-order valence-corrected chi connectivity index (χ4v) is 3.50. The number of rotatable bonds is 5. The van der Waals surface area contributed by atoms with E-state index in [1.54, 1.807) is 6.07 Å². The molecule has 0 amide bonds. The van der Waals surface area contributed by atoms with Gasteiger partial charge in [-0.1, -0.05) is 24.4 Å². The summed E-state index contributed by atoms with van der Waals surface area (Å²) < 4.78 is 5.77. The summed E-state index contributed by atoms with van der Waals surface area (Å²) >= 11 is 5.80. The van der Waals surface area contributed by atoms with Crippen molar-refractivity contribution in [1.82, 2.24) is 0 Å².